The van der Waals surface area contributed by atoms with E-state index in [9.17, 15) is 13.6 Å². The summed E-state index contributed by atoms with van der Waals surface area (Å²) in [5, 5.41) is 0. The average molecular weight is 390 g/mol. The molecule has 1 atom stereocenters. The Kier molecular flexibility index (Phi) is 5.52. The normalized spacial score (nSPS) is 12.0. The Balaban J connectivity index is 1.97. The van der Waals surface area contributed by atoms with Crippen molar-refractivity contribution < 1.29 is 18.3 Å². The Morgan fingerprint density at radius 2 is 2.05 bits per heavy atom. The van der Waals surface area contributed by atoms with Crippen molar-refractivity contribution in [3.63, 3.8) is 0 Å². The van der Waals surface area contributed by atoms with E-state index in [1.807, 2.05) is 12.1 Å². The van der Waals surface area contributed by atoms with E-state index in [-0.39, 0.29) is 11.7 Å². The number of ether oxygens (including phenoxy) is 1. The quantitative estimate of drug-likeness (QED) is 0.766. The van der Waals surface area contributed by atoms with Crippen LogP contribution in [0.15, 0.2) is 34.1 Å². The summed E-state index contributed by atoms with van der Waals surface area (Å²) in [4.78, 5) is 14.8. The number of rotatable bonds is 5. The van der Waals surface area contributed by atoms with Gasteiger partial charge in [0.05, 0.1) is 10.3 Å². The topological polar surface area (TPSA) is 29.5 Å². The van der Waals surface area contributed by atoms with E-state index in [1.165, 1.54) is 11.0 Å². The zero-order valence-corrected chi connectivity index (χ0v) is 14.4. The summed E-state index contributed by atoms with van der Waals surface area (Å²) >= 11 is 4.91. The van der Waals surface area contributed by atoms with Crippen LogP contribution in [0.5, 0.6) is 5.75 Å². The first-order valence-electron chi connectivity index (χ1n) is 6.47. The first kappa shape index (κ1) is 16.9. The minimum atomic E-state index is -1.01. The summed E-state index contributed by atoms with van der Waals surface area (Å²) in [5.41, 5.74) is 0. The Morgan fingerprint density at radius 1 is 1.32 bits per heavy atom. The van der Waals surface area contributed by atoms with E-state index in [0.717, 1.165) is 20.8 Å². The number of amides is 1. The number of benzene rings is 1. The summed E-state index contributed by atoms with van der Waals surface area (Å²) in [6.45, 7) is 2.03. The molecule has 0 saturated carbocycles. The van der Waals surface area contributed by atoms with Crippen LogP contribution in [0.3, 0.4) is 0 Å². The van der Waals surface area contributed by atoms with Gasteiger partial charge in [0.1, 0.15) is 5.75 Å². The molecule has 0 aliphatic rings. The summed E-state index contributed by atoms with van der Waals surface area (Å²) < 4.78 is 32.4. The fourth-order valence-corrected chi connectivity index (χ4v) is 3.40. The second kappa shape index (κ2) is 7.19. The van der Waals surface area contributed by atoms with Crippen molar-refractivity contribution in [2.24, 2.45) is 0 Å². The van der Waals surface area contributed by atoms with Crippen molar-refractivity contribution in [3.8, 4) is 5.75 Å². The van der Waals surface area contributed by atoms with Gasteiger partial charge in [-0.1, -0.05) is 0 Å². The molecule has 3 nitrogen and oxygen atoms in total. The van der Waals surface area contributed by atoms with Crippen molar-refractivity contribution in [1.82, 2.24) is 4.90 Å². The van der Waals surface area contributed by atoms with Gasteiger partial charge in [0.25, 0.3) is 5.91 Å². The lowest BCUT2D eigenvalue weighted by Crippen LogP contribution is -2.37. The molecule has 1 amide bonds. The van der Waals surface area contributed by atoms with Crippen molar-refractivity contribution in [1.29, 1.82) is 0 Å². The van der Waals surface area contributed by atoms with Crippen LogP contribution in [0, 0.1) is 11.6 Å². The van der Waals surface area contributed by atoms with Crippen molar-refractivity contribution in [2.45, 2.75) is 19.6 Å². The van der Waals surface area contributed by atoms with E-state index in [1.54, 1.807) is 25.3 Å². The highest BCUT2D eigenvalue weighted by atomic mass is 79.9. The van der Waals surface area contributed by atoms with Crippen LogP contribution in [0.2, 0.25) is 0 Å². The maximum atomic E-state index is 13.1. The molecule has 0 radical (unpaired) electrons. The minimum absolute atomic E-state index is 0.118. The van der Waals surface area contributed by atoms with Gasteiger partial charge in [-0.2, -0.15) is 0 Å². The van der Waals surface area contributed by atoms with Crippen molar-refractivity contribution in [2.75, 3.05) is 7.05 Å². The molecule has 1 unspecified atom stereocenters. The summed E-state index contributed by atoms with van der Waals surface area (Å²) in [7, 11) is 1.67. The number of likely N-dealkylation sites (N-methyl/N-ethyl adjacent to an activating group) is 1. The molecule has 0 spiro atoms. The van der Waals surface area contributed by atoms with Crippen LogP contribution < -0.4 is 4.74 Å². The first-order chi connectivity index (χ1) is 10.4. The fourth-order valence-electron chi connectivity index (χ4n) is 1.86. The lowest BCUT2D eigenvalue weighted by Gasteiger charge is -2.21. The standard InChI is InChI=1S/C15H14BrF2NO2S/c1-9(21-10-3-5-12(17)13(18)7-10)15(20)19(2)8-11-4-6-14(16)22-11/h3-7,9H,8H2,1-2H3. The molecule has 1 aromatic carbocycles. The Morgan fingerprint density at radius 3 is 2.64 bits per heavy atom. The van der Waals surface area contributed by atoms with Gasteiger partial charge in [-0.15, -0.1) is 11.3 Å². The third kappa shape index (κ3) is 4.27. The van der Waals surface area contributed by atoms with Crippen LogP contribution in [0.1, 0.15) is 11.8 Å². The van der Waals surface area contributed by atoms with Crippen LogP contribution >= 0.6 is 27.3 Å². The molecule has 118 valence electrons. The predicted octanol–water partition coefficient (Wildman–Crippen LogP) is 4.21. The largest absolute Gasteiger partial charge is 0.481 e. The molecule has 2 rings (SSSR count). The smallest absolute Gasteiger partial charge is 0.263 e. The number of nitrogens with zero attached hydrogens (tertiary/aromatic N) is 1. The van der Waals surface area contributed by atoms with Gasteiger partial charge in [0, 0.05) is 18.0 Å². The third-order valence-electron chi connectivity index (χ3n) is 2.95. The number of hydrogen-bond acceptors (Lipinski definition) is 3. The van der Waals surface area contributed by atoms with Gasteiger partial charge < -0.3 is 9.64 Å². The SMILES string of the molecule is CC(Oc1ccc(F)c(F)c1)C(=O)N(C)Cc1ccc(Br)s1. The van der Waals surface area contributed by atoms with E-state index >= 15 is 0 Å². The second-order valence-electron chi connectivity index (χ2n) is 4.74. The monoisotopic (exact) mass is 389 g/mol. The van der Waals surface area contributed by atoms with Crippen LogP contribution in [0.4, 0.5) is 8.78 Å². The summed E-state index contributed by atoms with van der Waals surface area (Å²) in [5.74, 6) is -2.08. The zero-order chi connectivity index (χ0) is 16.3. The van der Waals surface area contributed by atoms with Gasteiger partial charge in [-0.25, -0.2) is 8.78 Å². The van der Waals surface area contributed by atoms with E-state index in [4.69, 9.17) is 4.74 Å². The Bertz CT molecular complexity index is 677. The Labute approximate surface area is 139 Å². The first-order valence-corrected chi connectivity index (χ1v) is 8.08. The van der Waals surface area contributed by atoms with Gasteiger partial charge in [-0.3, -0.25) is 4.79 Å². The molecule has 0 aliphatic heterocycles. The van der Waals surface area contributed by atoms with Gasteiger partial charge in [0.15, 0.2) is 17.7 Å². The number of halogens is 3. The lowest BCUT2D eigenvalue weighted by atomic mass is 10.3. The summed E-state index contributed by atoms with van der Waals surface area (Å²) in [6, 6.07) is 7.03. The van der Waals surface area contributed by atoms with Gasteiger partial charge in [0.2, 0.25) is 0 Å². The maximum Gasteiger partial charge on any atom is 0.263 e. The van der Waals surface area contributed by atoms with E-state index in [0.29, 0.717) is 6.54 Å². The number of thiophene rings is 1. The van der Waals surface area contributed by atoms with Crippen LogP contribution in [-0.2, 0) is 11.3 Å². The highest BCUT2D eigenvalue weighted by Gasteiger charge is 2.20. The Hall–Kier alpha value is -1.47. The molecule has 1 heterocycles. The molecule has 22 heavy (non-hydrogen) atoms. The second-order valence-corrected chi connectivity index (χ2v) is 7.28. The lowest BCUT2D eigenvalue weighted by molar-refractivity contribution is -0.137. The highest BCUT2D eigenvalue weighted by Crippen LogP contribution is 2.23. The molecule has 0 aliphatic carbocycles. The van der Waals surface area contributed by atoms with Crippen LogP contribution in [0.25, 0.3) is 0 Å². The van der Waals surface area contributed by atoms with Gasteiger partial charge in [-0.05, 0) is 47.1 Å². The van der Waals surface area contributed by atoms with Crippen molar-refractivity contribution >= 4 is 33.2 Å². The molecule has 0 N–H and O–H groups in total. The fraction of sp³-hybridized carbons (Fsp3) is 0.267. The van der Waals surface area contributed by atoms with E-state index < -0.39 is 17.7 Å². The average Bonchev–Trinajstić information content (AvgIpc) is 2.87. The number of carbonyl (C=O) groups excluding carboxylic acids is 1. The third-order valence-corrected chi connectivity index (χ3v) is 4.56. The predicted molar refractivity (Wildman–Crippen MR) is 84.9 cm³/mol. The van der Waals surface area contributed by atoms with Crippen molar-refractivity contribution in [3.05, 3.63) is 50.6 Å². The van der Waals surface area contributed by atoms with Crippen LogP contribution in [-0.4, -0.2) is 24.0 Å². The highest BCUT2D eigenvalue weighted by molar-refractivity contribution is 9.11. The number of carbonyl (C=O) groups is 1. The van der Waals surface area contributed by atoms with Gasteiger partial charge >= 0.3 is 0 Å². The molecular weight excluding hydrogens is 376 g/mol. The zero-order valence-electron chi connectivity index (χ0n) is 12.0. The maximum absolute atomic E-state index is 13.1. The molecule has 7 heteroatoms. The molecular formula is C15H14BrF2NO2S. The minimum Gasteiger partial charge on any atom is -0.481 e. The number of hydrogen-bond donors (Lipinski definition) is 0. The molecule has 0 bridgehead atoms. The molecule has 0 saturated heterocycles. The van der Waals surface area contributed by atoms with E-state index in [2.05, 4.69) is 15.9 Å². The molecule has 0 fully saturated rings. The molecule has 2 aromatic rings. The summed E-state index contributed by atoms with van der Waals surface area (Å²) in [6.07, 6.45) is -0.793. The molecule has 1 aromatic heterocycles.